The second-order valence-corrected chi connectivity index (χ2v) is 5.44. The molecule has 0 radical (unpaired) electrons. The first-order valence-electron chi connectivity index (χ1n) is 6.82. The fraction of sp³-hybridized carbons (Fsp3) is 0.188. The molecule has 1 aromatic carbocycles. The molecule has 2 aromatic heterocycles. The van der Waals surface area contributed by atoms with Crippen LogP contribution in [0.15, 0.2) is 36.5 Å². The third-order valence-electron chi connectivity index (χ3n) is 3.84. The van der Waals surface area contributed by atoms with Gasteiger partial charge in [-0.2, -0.15) is 4.98 Å². The van der Waals surface area contributed by atoms with Crippen LogP contribution in [-0.2, 0) is 0 Å². The highest BCUT2D eigenvalue weighted by Crippen LogP contribution is 2.30. The minimum atomic E-state index is -0.993. The topological polar surface area (TPSA) is 68.0 Å². The molecule has 0 aliphatic heterocycles. The Bertz CT molecular complexity index is 859. The second kappa shape index (κ2) is 5.42. The van der Waals surface area contributed by atoms with Crippen molar-refractivity contribution in [2.24, 2.45) is 0 Å². The summed E-state index contributed by atoms with van der Waals surface area (Å²) in [5.41, 5.74) is 2.45. The van der Waals surface area contributed by atoms with Crippen LogP contribution in [0.3, 0.4) is 0 Å². The first-order chi connectivity index (χ1) is 10.5. The third-order valence-corrected chi connectivity index (χ3v) is 4.03. The molecule has 0 unspecified atom stereocenters. The van der Waals surface area contributed by atoms with Crippen LogP contribution in [0.2, 0.25) is 5.28 Å². The van der Waals surface area contributed by atoms with Crippen LogP contribution in [0.1, 0.15) is 34.6 Å². The number of rotatable bonds is 3. The summed E-state index contributed by atoms with van der Waals surface area (Å²) in [6, 6.07) is 9.78. The summed E-state index contributed by atoms with van der Waals surface area (Å²) in [4.78, 5) is 19.7. The number of carboxylic acid groups (broad SMARTS) is 1. The maximum atomic E-state index is 11.6. The fourth-order valence-corrected chi connectivity index (χ4v) is 2.94. The van der Waals surface area contributed by atoms with Crippen molar-refractivity contribution in [3.63, 3.8) is 0 Å². The number of aromatic carboxylic acids is 1. The number of nitrogens with zero attached hydrogens (tertiary/aromatic N) is 3. The van der Waals surface area contributed by atoms with Crippen molar-refractivity contribution in [3.05, 3.63) is 58.6 Å². The molecule has 6 heteroatoms. The van der Waals surface area contributed by atoms with Gasteiger partial charge in [0.1, 0.15) is 5.65 Å². The SMILES string of the molecule is Cc1c(C(=O)O)c2cnc(Cl)nc2n1[C@H](C)c1ccccc1. The normalized spacial score (nSPS) is 12.5. The van der Waals surface area contributed by atoms with Crippen LogP contribution in [0.4, 0.5) is 0 Å². The maximum absolute atomic E-state index is 11.6. The first-order valence-corrected chi connectivity index (χ1v) is 7.19. The summed E-state index contributed by atoms with van der Waals surface area (Å²) in [5.74, 6) is -0.993. The summed E-state index contributed by atoms with van der Waals surface area (Å²) in [6.07, 6.45) is 1.47. The summed E-state index contributed by atoms with van der Waals surface area (Å²) in [5, 5.41) is 10.1. The third kappa shape index (κ3) is 2.23. The number of carbonyl (C=O) groups is 1. The van der Waals surface area contributed by atoms with Gasteiger partial charge in [0, 0.05) is 11.9 Å². The summed E-state index contributed by atoms with van der Waals surface area (Å²) in [7, 11) is 0. The molecule has 0 aliphatic rings. The molecule has 0 bridgehead atoms. The second-order valence-electron chi connectivity index (χ2n) is 5.10. The van der Waals surface area contributed by atoms with Crippen LogP contribution < -0.4 is 0 Å². The van der Waals surface area contributed by atoms with E-state index >= 15 is 0 Å². The Morgan fingerprint density at radius 2 is 2.00 bits per heavy atom. The highest BCUT2D eigenvalue weighted by molar-refractivity contribution is 6.28. The van der Waals surface area contributed by atoms with Crippen molar-refractivity contribution in [3.8, 4) is 0 Å². The summed E-state index contributed by atoms with van der Waals surface area (Å²) >= 11 is 5.90. The molecule has 1 N–H and O–H groups in total. The number of carboxylic acids is 1. The van der Waals surface area contributed by atoms with Gasteiger partial charge in [0.15, 0.2) is 0 Å². The van der Waals surface area contributed by atoms with Gasteiger partial charge in [-0.25, -0.2) is 9.78 Å². The number of aromatic nitrogens is 3. The molecule has 2 heterocycles. The van der Waals surface area contributed by atoms with Crippen molar-refractivity contribution in [1.82, 2.24) is 14.5 Å². The van der Waals surface area contributed by atoms with Crippen molar-refractivity contribution in [2.45, 2.75) is 19.9 Å². The van der Waals surface area contributed by atoms with E-state index in [0.29, 0.717) is 16.7 Å². The average Bonchev–Trinajstić information content (AvgIpc) is 2.78. The molecule has 0 saturated heterocycles. The highest BCUT2D eigenvalue weighted by atomic mass is 35.5. The fourth-order valence-electron chi connectivity index (χ4n) is 2.81. The van der Waals surface area contributed by atoms with E-state index in [2.05, 4.69) is 9.97 Å². The molecule has 0 aliphatic carbocycles. The molecule has 5 nitrogen and oxygen atoms in total. The zero-order chi connectivity index (χ0) is 15.9. The minimum absolute atomic E-state index is 0.0669. The standard InChI is InChI=1S/C16H14ClN3O2/c1-9(11-6-4-3-5-7-11)20-10(2)13(15(21)22)12-8-18-16(17)19-14(12)20/h3-9H,1-2H3,(H,21,22)/t9-/m1/s1. The van der Waals surface area contributed by atoms with Crippen molar-refractivity contribution in [2.75, 3.05) is 0 Å². The Labute approximate surface area is 132 Å². The number of benzene rings is 1. The number of fused-ring (bicyclic) bond motifs is 1. The molecular weight excluding hydrogens is 302 g/mol. The van der Waals surface area contributed by atoms with Gasteiger partial charge < -0.3 is 9.67 Å². The van der Waals surface area contributed by atoms with Gasteiger partial charge in [0.2, 0.25) is 5.28 Å². The largest absolute Gasteiger partial charge is 0.478 e. The Morgan fingerprint density at radius 3 is 2.64 bits per heavy atom. The highest BCUT2D eigenvalue weighted by Gasteiger charge is 2.24. The predicted octanol–water partition coefficient (Wildman–Crippen LogP) is 3.70. The van der Waals surface area contributed by atoms with Crippen molar-refractivity contribution < 1.29 is 9.90 Å². The lowest BCUT2D eigenvalue weighted by Crippen LogP contribution is -2.10. The van der Waals surface area contributed by atoms with E-state index in [-0.39, 0.29) is 16.9 Å². The number of hydrogen-bond donors (Lipinski definition) is 1. The lowest BCUT2D eigenvalue weighted by Gasteiger charge is -2.17. The number of halogens is 1. The van der Waals surface area contributed by atoms with Gasteiger partial charge in [-0.1, -0.05) is 30.3 Å². The summed E-state index contributed by atoms with van der Waals surface area (Å²) in [6.45, 7) is 3.78. The zero-order valence-corrected chi connectivity index (χ0v) is 12.9. The van der Waals surface area contributed by atoms with Crippen LogP contribution in [0.5, 0.6) is 0 Å². The van der Waals surface area contributed by atoms with E-state index < -0.39 is 5.97 Å². The van der Waals surface area contributed by atoms with Gasteiger partial charge in [-0.05, 0) is 31.0 Å². The number of hydrogen-bond acceptors (Lipinski definition) is 3. The Morgan fingerprint density at radius 1 is 1.32 bits per heavy atom. The first kappa shape index (κ1) is 14.5. The van der Waals surface area contributed by atoms with Gasteiger partial charge in [0.25, 0.3) is 0 Å². The van der Waals surface area contributed by atoms with E-state index in [4.69, 9.17) is 11.6 Å². The molecule has 22 heavy (non-hydrogen) atoms. The van der Waals surface area contributed by atoms with Gasteiger partial charge in [0.05, 0.1) is 17.0 Å². The summed E-state index contributed by atoms with van der Waals surface area (Å²) < 4.78 is 1.89. The Hall–Kier alpha value is -2.40. The lowest BCUT2D eigenvalue weighted by atomic mass is 10.1. The Balaban J connectivity index is 2.31. The van der Waals surface area contributed by atoms with E-state index in [1.165, 1.54) is 6.20 Å². The lowest BCUT2D eigenvalue weighted by molar-refractivity contribution is 0.0698. The maximum Gasteiger partial charge on any atom is 0.338 e. The van der Waals surface area contributed by atoms with E-state index in [9.17, 15) is 9.90 Å². The average molecular weight is 316 g/mol. The molecule has 0 spiro atoms. The monoisotopic (exact) mass is 315 g/mol. The van der Waals surface area contributed by atoms with Crippen molar-refractivity contribution in [1.29, 1.82) is 0 Å². The molecule has 1 atom stereocenters. The van der Waals surface area contributed by atoms with E-state index in [0.717, 1.165) is 5.56 Å². The van der Waals surface area contributed by atoms with Crippen LogP contribution in [0.25, 0.3) is 11.0 Å². The van der Waals surface area contributed by atoms with Crippen LogP contribution in [-0.4, -0.2) is 25.6 Å². The molecule has 3 aromatic rings. The van der Waals surface area contributed by atoms with Crippen molar-refractivity contribution >= 4 is 28.6 Å². The molecule has 0 amide bonds. The van der Waals surface area contributed by atoms with Gasteiger partial charge in [-0.3, -0.25) is 0 Å². The van der Waals surface area contributed by atoms with Crippen LogP contribution in [0, 0.1) is 6.92 Å². The minimum Gasteiger partial charge on any atom is -0.478 e. The molecule has 0 fully saturated rings. The van der Waals surface area contributed by atoms with Crippen LogP contribution >= 0.6 is 11.6 Å². The molecule has 3 rings (SSSR count). The van der Waals surface area contributed by atoms with Gasteiger partial charge >= 0.3 is 5.97 Å². The molecule has 112 valence electrons. The smallest absolute Gasteiger partial charge is 0.338 e. The predicted molar refractivity (Wildman–Crippen MR) is 84.5 cm³/mol. The van der Waals surface area contributed by atoms with E-state index in [1.54, 1.807) is 6.92 Å². The zero-order valence-electron chi connectivity index (χ0n) is 12.1. The van der Waals surface area contributed by atoms with E-state index in [1.807, 2.05) is 41.8 Å². The van der Waals surface area contributed by atoms with Gasteiger partial charge in [-0.15, -0.1) is 0 Å². The quantitative estimate of drug-likeness (QED) is 0.748. The molecular formula is C16H14ClN3O2. The Kier molecular flexibility index (Phi) is 3.58. The molecule has 0 saturated carbocycles.